The minimum atomic E-state index is -0.582. The van der Waals surface area contributed by atoms with Gasteiger partial charge < -0.3 is 9.84 Å². The molecule has 5 rings (SSSR count). The van der Waals surface area contributed by atoms with Gasteiger partial charge >= 0.3 is 0 Å². The summed E-state index contributed by atoms with van der Waals surface area (Å²) in [4.78, 5) is 54.2. The fourth-order valence-electron chi connectivity index (χ4n) is 6.21. The van der Waals surface area contributed by atoms with Crippen molar-refractivity contribution in [3.63, 3.8) is 0 Å². The molecule has 1 N–H and O–H groups in total. The van der Waals surface area contributed by atoms with Crippen molar-refractivity contribution in [1.29, 1.82) is 0 Å². The number of amides is 4. The maximum Gasteiger partial charge on any atom is 0.233 e. The van der Waals surface area contributed by atoms with Crippen LogP contribution in [0.2, 0.25) is 0 Å². The van der Waals surface area contributed by atoms with Gasteiger partial charge in [-0.3, -0.25) is 29.0 Å². The Bertz CT molecular complexity index is 1110. The SMILES string of the molecule is COc1cc([C@H]2C3=CC[C@@H]4C(=O)N(C)C(=O)[C@@H]4[C@@H]3C[C@H]3C(=O)N(C)C(=O)[C@@H]23)cc(I)c1O. The third-order valence-electron chi connectivity index (χ3n) is 7.72. The number of nitrogens with zero attached hydrogens (tertiary/aromatic N) is 2. The number of likely N-dealkylation sites (tertiary alicyclic amines) is 2. The number of aromatic hydroxyl groups is 1. The molecule has 0 radical (unpaired) electrons. The zero-order chi connectivity index (χ0) is 23.1. The van der Waals surface area contributed by atoms with Crippen LogP contribution in [0, 0.1) is 33.2 Å². The van der Waals surface area contributed by atoms with E-state index >= 15 is 0 Å². The van der Waals surface area contributed by atoms with E-state index in [9.17, 15) is 24.3 Å². The van der Waals surface area contributed by atoms with Crippen molar-refractivity contribution in [2.45, 2.75) is 18.8 Å². The molecule has 2 saturated heterocycles. The molecule has 6 atom stereocenters. The lowest BCUT2D eigenvalue weighted by Gasteiger charge is -2.44. The zero-order valence-electron chi connectivity index (χ0n) is 17.9. The number of imide groups is 2. The minimum Gasteiger partial charge on any atom is -0.504 e. The highest BCUT2D eigenvalue weighted by atomic mass is 127. The Morgan fingerprint density at radius 3 is 2.22 bits per heavy atom. The summed E-state index contributed by atoms with van der Waals surface area (Å²) >= 11 is 2.01. The number of hydrogen-bond acceptors (Lipinski definition) is 6. The van der Waals surface area contributed by atoms with Crippen LogP contribution in [0.25, 0.3) is 0 Å². The molecule has 0 aromatic heterocycles. The van der Waals surface area contributed by atoms with Crippen LogP contribution in [0.15, 0.2) is 23.8 Å². The standard InChI is InChI=1S/C23H23IN2O6/c1-25-20(28)11-5-4-10-12(17(11)22(25)30)8-13-18(23(31)26(2)21(13)29)16(10)9-6-14(24)19(27)15(7-9)32-3/h4,6-7,11-13,16-18,27H,5,8H2,1-3H3/t11-,12+,13+,16-,17-,18+/m0/s1. The van der Waals surface area contributed by atoms with Gasteiger partial charge in [0.2, 0.25) is 23.6 Å². The Labute approximate surface area is 198 Å². The average Bonchev–Trinajstić information content (AvgIpc) is 3.14. The summed E-state index contributed by atoms with van der Waals surface area (Å²) in [6.45, 7) is 0. The molecular weight excluding hydrogens is 527 g/mol. The second kappa shape index (κ2) is 7.29. The van der Waals surface area contributed by atoms with E-state index < -0.39 is 29.6 Å². The molecule has 0 spiro atoms. The van der Waals surface area contributed by atoms with Gasteiger partial charge in [0.25, 0.3) is 0 Å². The molecule has 0 bridgehead atoms. The largest absolute Gasteiger partial charge is 0.504 e. The number of ether oxygens (including phenoxy) is 1. The number of hydrogen-bond donors (Lipinski definition) is 1. The molecule has 1 aromatic carbocycles. The van der Waals surface area contributed by atoms with Crippen LogP contribution in [0.3, 0.4) is 0 Å². The third-order valence-corrected chi connectivity index (χ3v) is 8.54. The molecule has 2 heterocycles. The zero-order valence-corrected chi connectivity index (χ0v) is 20.0. The summed E-state index contributed by atoms with van der Waals surface area (Å²) in [6.07, 6.45) is 2.81. The third kappa shape index (κ3) is 2.72. The lowest BCUT2D eigenvalue weighted by molar-refractivity contribution is -0.140. The number of rotatable bonds is 2. The van der Waals surface area contributed by atoms with Gasteiger partial charge in [0, 0.05) is 20.0 Å². The van der Waals surface area contributed by atoms with Gasteiger partial charge in [-0.2, -0.15) is 0 Å². The highest BCUT2D eigenvalue weighted by Gasteiger charge is 2.61. The number of halogens is 1. The number of phenolic OH excluding ortho intramolecular Hbond substituents is 1. The van der Waals surface area contributed by atoms with Gasteiger partial charge in [-0.15, -0.1) is 0 Å². The summed E-state index contributed by atoms with van der Waals surface area (Å²) in [7, 11) is 4.47. The van der Waals surface area contributed by atoms with E-state index in [0.717, 1.165) is 11.1 Å². The van der Waals surface area contributed by atoms with Crippen LogP contribution in [-0.2, 0) is 19.2 Å². The Kier molecular flexibility index (Phi) is 4.88. The molecule has 9 heteroatoms. The van der Waals surface area contributed by atoms with Crippen LogP contribution in [0.5, 0.6) is 11.5 Å². The molecule has 168 valence electrons. The number of carbonyl (C=O) groups excluding carboxylic acids is 4. The van der Waals surface area contributed by atoms with Crippen molar-refractivity contribution < 1.29 is 29.0 Å². The van der Waals surface area contributed by atoms with Crippen molar-refractivity contribution in [3.05, 3.63) is 32.9 Å². The van der Waals surface area contributed by atoms with Crippen LogP contribution in [-0.4, -0.2) is 59.7 Å². The van der Waals surface area contributed by atoms with Crippen molar-refractivity contribution in [2.75, 3.05) is 21.2 Å². The first kappa shape index (κ1) is 21.4. The molecule has 1 saturated carbocycles. The van der Waals surface area contributed by atoms with Crippen molar-refractivity contribution in [3.8, 4) is 11.5 Å². The number of allylic oxidation sites excluding steroid dienone is 2. The van der Waals surface area contributed by atoms with Crippen molar-refractivity contribution >= 4 is 46.2 Å². The highest BCUT2D eigenvalue weighted by molar-refractivity contribution is 14.1. The summed E-state index contributed by atoms with van der Waals surface area (Å²) in [6, 6.07) is 3.51. The van der Waals surface area contributed by atoms with E-state index in [0.29, 0.717) is 16.4 Å². The number of benzene rings is 1. The van der Waals surface area contributed by atoms with Crippen molar-refractivity contribution in [2.24, 2.45) is 29.6 Å². The summed E-state index contributed by atoms with van der Waals surface area (Å²) in [5.41, 5.74) is 1.69. The summed E-state index contributed by atoms with van der Waals surface area (Å²) in [5, 5.41) is 10.3. The van der Waals surface area contributed by atoms with E-state index in [1.165, 1.54) is 31.0 Å². The fraction of sp³-hybridized carbons (Fsp3) is 0.478. The fourth-order valence-corrected chi connectivity index (χ4v) is 6.83. The molecule has 0 unspecified atom stereocenters. The lowest BCUT2D eigenvalue weighted by Crippen LogP contribution is -2.43. The monoisotopic (exact) mass is 550 g/mol. The predicted molar refractivity (Wildman–Crippen MR) is 120 cm³/mol. The molecule has 4 amide bonds. The van der Waals surface area contributed by atoms with E-state index in [4.69, 9.17) is 4.74 Å². The molecule has 2 aliphatic carbocycles. The normalized spacial score (nSPS) is 33.8. The van der Waals surface area contributed by atoms with Gasteiger partial charge in [-0.25, -0.2) is 0 Å². The molecule has 1 aromatic rings. The van der Waals surface area contributed by atoms with Gasteiger partial charge in [-0.1, -0.05) is 11.6 Å². The number of methoxy groups -OCH3 is 1. The summed E-state index contributed by atoms with van der Waals surface area (Å²) < 4.78 is 5.92. The second-order valence-corrected chi connectivity index (χ2v) is 10.2. The predicted octanol–water partition coefficient (Wildman–Crippen LogP) is 1.90. The molecule has 3 fully saturated rings. The maximum atomic E-state index is 13.2. The number of fused-ring (bicyclic) bond motifs is 4. The van der Waals surface area contributed by atoms with Gasteiger partial charge in [0.05, 0.1) is 34.4 Å². The Hall–Kier alpha value is -2.43. The van der Waals surface area contributed by atoms with Crippen LogP contribution < -0.4 is 4.74 Å². The van der Waals surface area contributed by atoms with Crippen molar-refractivity contribution in [1.82, 2.24) is 9.80 Å². The quantitative estimate of drug-likeness (QED) is 0.343. The first-order chi connectivity index (χ1) is 15.2. The first-order valence-electron chi connectivity index (χ1n) is 10.6. The van der Waals surface area contributed by atoms with E-state index in [1.54, 1.807) is 12.1 Å². The molecule has 8 nitrogen and oxygen atoms in total. The Balaban J connectivity index is 1.69. The average molecular weight is 550 g/mol. The topological polar surface area (TPSA) is 104 Å². The van der Waals surface area contributed by atoms with E-state index in [-0.39, 0.29) is 41.0 Å². The van der Waals surface area contributed by atoms with Gasteiger partial charge in [0.1, 0.15) is 0 Å². The highest BCUT2D eigenvalue weighted by Crippen LogP contribution is 2.58. The lowest BCUT2D eigenvalue weighted by atomic mass is 9.57. The maximum absolute atomic E-state index is 13.2. The summed E-state index contributed by atoms with van der Waals surface area (Å²) in [5.74, 6) is -3.35. The smallest absolute Gasteiger partial charge is 0.233 e. The Morgan fingerprint density at radius 1 is 0.938 bits per heavy atom. The first-order valence-corrected chi connectivity index (χ1v) is 11.6. The van der Waals surface area contributed by atoms with Crippen LogP contribution >= 0.6 is 22.6 Å². The number of carbonyl (C=O) groups is 4. The van der Waals surface area contributed by atoms with E-state index in [1.807, 2.05) is 28.7 Å². The molecular formula is C23H23IN2O6. The molecule has 32 heavy (non-hydrogen) atoms. The van der Waals surface area contributed by atoms with Gasteiger partial charge in [-0.05, 0) is 59.0 Å². The van der Waals surface area contributed by atoms with E-state index in [2.05, 4.69) is 0 Å². The molecule has 4 aliphatic rings. The minimum absolute atomic E-state index is 0.0163. The van der Waals surface area contributed by atoms with Crippen LogP contribution in [0.1, 0.15) is 24.3 Å². The Morgan fingerprint density at radius 2 is 1.56 bits per heavy atom. The van der Waals surface area contributed by atoms with Crippen LogP contribution in [0.4, 0.5) is 0 Å². The second-order valence-electron chi connectivity index (χ2n) is 9.05. The molecule has 2 aliphatic heterocycles. The van der Waals surface area contributed by atoms with Gasteiger partial charge in [0.15, 0.2) is 11.5 Å². The number of phenols is 1.